The van der Waals surface area contributed by atoms with Crippen LogP contribution in [0.4, 0.5) is 16.2 Å². The molecule has 1 heterocycles. The third kappa shape index (κ3) is 4.33. The third-order valence-corrected chi connectivity index (χ3v) is 6.29. The van der Waals surface area contributed by atoms with Crippen molar-refractivity contribution in [3.05, 3.63) is 59.7 Å². The van der Waals surface area contributed by atoms with Gasteiger partial charge in [0.25, 0.3) is 5.91 Å². The van der Waals surface area contributed by atoms with Crippen LogP contribution in [0.2, 0.25) is 0 Å². The van der Waals surface area contributed by atoms with Gasteiger partial charge in [-0.2, -0.15) is 0 Å². The number of carbonyl (C=O) groups excluding carboxylic acids is 3. The van der Waals surface area contributed by atoms with Crippen LogP contribution in [0.5, 0.6) is 0 Å². The SMILES string of the molecule is CCc1ccc(NC(=O)C[C@@H]2C(=O)N(c3ccc(C)cc3)C(=O)N2C2CCCC2)cc1. The average Bonchev–Trinajstić information content (AvgIpc) is 3.36. The van der Waals surface area contributed by atoms with Crippen molar-refractivity contribution >= 4 is 29.2 Å². The predicted molar refractivity (Wildman–Crippen MR) is 121 cm³/mol. The van der Waals surface area contributed by atoms with Gasteiger partial charge in [-0.15, -0.1) is 0 Å². The van der Waals surface area contributed by atoms with Gasteiger partial charge >= 0.3 is 6.03 Å². The summed E-state index contributed by atoms with van der Waals surface area (Å²) in [5.41, 5.74) is 3.50. The number of nitrogens with one attached hydrogen (secondary N) is 1. The van der Waals surface area contributed by atoms with Gasteiger partial charge in [-0.1, -0.05) is 49.6 Å². The van der Waals surface area contributed by atoms with Crippen LogP contribution in [0.1, 0.15) is 50.2 Å². The van der Waals surface area contributed by atoms with E-state index >= 15 is 0 Å². The molecule has 0 spiro atoms. The standard InChI is InChI=1S/C25H29N3O3/c1-3-18-10-12-19(13-11-18)26-23(29)16-22-24(30)28(21-14-8-17(2)9-15-21)25(31)27(22)20-6-4-5-7-20/h8-15,20,22H,3-7,16H2,1-2H3,(H,26,29)/t22-/m1/s1. The largest absolute Gasteiger partial charge is 0.332 e. The second kappa shape index (κ2) is 8.92. The van der Waals surface area contributed by atoms with E-state index in [0.29, 0.717) is 11.4 Å². The van der Waals surface area contributed by atoms with Crippen LogP contribution in [0, 0.1) is 6.92 Å². The summed E-state index contributed by atoms with van der Waals surface area (Å²) >= 11 is 0. The maximum atomic E-state index is 13.3. The van der Waals surface area contributed by atoms with Crippen molar-refractivity contribution in [2.75, 3.05) is 10.2 Å². The molecule has 2 aliphatic rings. The molecule has 4 amide bonds. The molecule has 2 fully saturated rings. The Balaban J connectivity index is 1.55. The maximum absolute atomic E-state index is 13.3. The second-order valence-corrected chi connectivity index (χ2v) is 8.46. The molecule has 162 valence electrons. The molecule has 2 aromatic carbocycles. The summed E-state index contributed by atoms with van der Waals surface area (Å²) in [7, 11) is 0. The summed E-state index contributed by atoms with van der Waals surface area (Å²) in [6, 6.07) is 14.0. The number of hydrogen-bond donors (Lipinski definition) is 1. The number of benzene rings is 2. The number of amides is 4. The zero-order chi connectivity index (χ0) is 22.0. The van der Waals surface area contributed by atoms with Crippen molar-refractivity contribution in [3.8, 4) is 0 Å². The molecule has 6 heteroatoms. The van der Waals surface area contributed by atoms with E-state index < -0.39 is 6.04 Å². The van der Waals surface area contributed by atoms with Crippen molar-refractivity contribution in [1.82, 2.24) is 4.90 Å². The Morgan fingerprint density at radius 2 is 1.65 bits per heavy atom. The number of imide groups is 1. The molecule has 2 aromatic rings. The van der Waals surface area contributed by atoms with Crippen LogP contribution in [0.25, 0.3) is 0 Å². The van der Waals surface area contributed by atoms with Crippen LogP contribution in [-0.2, 0) is 16.0 Å². The highest BCUT2D eigenvalue weighted by Crippen LogP contribution is 2.34. The average molecular weight is 420 g/mol. The fraction of sp³-hybridized carbons (Fsp3) is 0.400. The molecule has 0 aromatic heterocycles. The monoisotopic (exact) mass is 419 g/mol. The molecule has 1 saturated heterocycles. The number of hydrogen-bond acceptors (Lipinski definition) is 3. The Morgan fingerprint density at radius 1 is 1.00 bits per heavy atom. The van der Waals surface area contributed by atoms with E-state index in [1.54, 1.807) is 17.0 Å². The first kappa shape index (κ1) is 21.1. The Kier molecular flexibility index (Phi) is 6.07. The highest BCUT2D eigenvalue weighted by atomic mass is 16.2. The Labute approximate surface area is 183 Å². The Bertz CT molecular complexity index is 963. The first-order valence-electron chi connectivity index (χ1n) is 11.1. The smallest absolute Gasteiger partial charge is 0.326 e. The fourth-order valence-electron chi connectivity index (χ4n) is 4.53. The third-order valence-electron chi connectivity index (χ3n) is 6.29. The van der Waals surface area contributed by atoms with Crippen molar-refractivity contribution in [1.29, 1.82) is 0 Å². The van der Waals surface area contributed by atoms with Crippen LogP contribution < -0.4 is 10.2 Å². The van der Waals surface area contributed by atoms with Gasteiger partial charge in [0.05, 0.1) is 12.1 Å². The van der Waals surface area contributed by atoms with E-state index in [4.69, 9.17) is 0 Å². The van der Waals surface area contributed by atoms with Crippen molar-refractivity contribution in [3.63, 3.8) is 0 Å². The number of nitrogens with zero attached hydrogens (tertiary/aromatic N) is 2. The van der Waals surface area contributed by atoms with E-state index in [1.807, 2.05) is 43.3 Å². The summed E-state index contributed by atoms with van der Waals surface area (Å²) in [6.45, 7) is 4.04. The predicted octanol–water partition coefficient (Wildman–Crippen LogP) is 4.67. The molecule has 1 aliphatic carbocycles. The lowest BCUT2D eigenvalue weighted by Gasteiger charge is -2.27. The molecule has 1 saturated carbocycles. The number of rotatable bonds is 6. The minimum Gasteiger partial charge on any atom is -0.326 e. The minimum atomic E-state index is -0.771. The van der Waals surface area contributed by atoms with Gasteiger partial charge in [0.2, 0.25) is 5.91 Å². The molecule has 1 N–H and O–H groups in total. The molecular weight excluding hydrogens is 390 g/mol. The maximum Gasteiger partial charge on any atom is 0.332 e. The lowest BCUT2D eigenvalue weighted by Crippen LogP contribution is -2.43. The van der Waals surface area contributed by atoms with Gasteiger partial charge in [0.15, 0.2) is 0 Å². The minimum absolute atomic E-state index is 0.00790. The van der Waals surface area contributed by atoms with E-state index in [1.165, 1.54) is 10.5 Å². The normalized spacial score (nSPS) is 19.4. The summed E-state index contributed by atoms with van der Waals surface area (Å²) in [4.78, 5) is 42.3. The molecule has 31 heavy (non-hydrogen) atoms. The Hall–Kier alpha value is -3.15. The van der Waals surface area contributed by atoms with Gasteiger partial charge in [-0.05, 0) is 56.0 Å². The zero-order valence-corrected chi connectivity index (χ0v) is 18.1. The number of anilines is 2. The van der Waals surface area contributed by atoms with Gasteiger partial charge in [0.1, 0.15) is 6.04 Å². The summed E-state index contributed by atoms with van der Waals surface area (Å²) in [5.74, 6) is -0.582. The number of aryl methyl sites for hydroxylation is 2. The topological polar surface area (TPSA) is 69.7 Å². The first-order chi connectivity index (χ1) is 15.0. The van der Waals surface area contributed by atoms with Crippen LogP contribution in [-0.4, -0.2) is 34.8 Å². The highest BCUT2D eigenvalue weighted by molar-refractivity contribution is 6.22. The molecule has 1 atom stereocenters. The Morgan fingerprint density at radius 3 is 2.26 bits per heavy atom. The van der Waals surface area contributed by atoms with Gasteiger partial charge in [0, 0.05) is 11.7 Å². The lowest BCUT2D eigenvalue weighted by atomic mass is 10.1. The molecular formula is C25H29N3O3. The number of carbonyl (C=O) groups is 3. The molecule has 0 bridgehead atoms. The lowest BCUT2D eigenvalue weighted by molar-refractivity contribution is -0.124. The molecule has 0 unspecified atom stereocenters. The van der Waals surface area contributed by atoms with Gasteiger partial charge in [-0.25, -0.2) is 9.69 Å². The summed E-state index contributed by atoms with van der Waals surface area (Å²) in [6.07, 6.45) is 4.71. The fourth-order valence-corrected chi connectivity index (χ4v) is 4.53. The van der Waals surface area contributed by atoms with E-state index in [2.05, 4.69) is 12.2 Å². The second-order valence-electron chi connectivity index (χ2n) is 8.46. The van der Waals surface area contributed by atoms with Crippen molar-refractivity contribution in [2.45, 2.75) is 64.5 Å². The van der Waals surface area contributed by atoms with Crippen LogP contribution in [0.15, 0.2) is 48.5 Å². The number of urea groups is 1. The molecule has 6 nitrogen and oxygen atoms in total. The van der Waals surface area contributed by atoms with Crippen LogP contribution >= 0.6 is 0 Å². The van der Waals surface area contributed by atoms with Crippen molar-refractivity contribution in [2.24, 2.45) is 0 Å². The first-order valence-corrected chi connectivity index (χ1v) is 11.1. The van der Waals surface area contributed by atoms with E-state index in [-0.39, 0.29) is 30.3 Å². The van der Waals surface area contributed by atoms with Crippen LogP contribution in [0.3, 0.4) is 0 Å². The molecule has 1 aliphatic heterocycles. The van der Waals surface area contributed by atoms with Gasteiger partial charge < -0.3 is 10.2 Å². The quantitative estimate of drug-likeness (QED) is 0.692. The summed E-state index contributed by atoms with van der Waals surface area (Å²) < 4.78 is 0. The van der Waals surface area contributed by atoms with Crippen molar-refractivity contribution < 1.29 is 14.4 Å². The van der Waals surface area contributed by atoms with E-state index in [0.717, 1.165) is 37.7 Å². The van der Waals surface area contributed by atoms with Gasteiger partial charge in [-0.3, -0.25) is 9.59 Å². The van der Waals surface area contributed by atoms with E-state index in [9.17, 15) is 14.4 Å². The zero-order valence-electron chi connectivity index (χ0n) is 18.1. The highest BCUT2D eigenvalue weighted by Gasteiger charge is 2.49. The molecule has 4 rings (SSSR count). The molecule has 0 radical (unpaired) electrons. The summed E-state index contributed by atoms with van der Waals surface area (Å²) in [5, 5.41) is 2.88.